The molecule has 1 amide bonds. The third-order valence-corrected chi connectivity index (χ3v) is 4.80. The fourth-order valence-corrected chi connectivity index (χ4v) is 3.19. The Morgan fingerprint density at radius 3 is 2.87 bits per heavy atom. The van der Waals surface area contributed by atoms with Crippen molar-refractivity contribution in [1.29, 1.82) is 0 Å². The molecular formula is C14H16N4O4S. The van der Waals surface area contributed by atoms with E-state index in [9.17, 15) is 13.2 Å². The molecule has 3 rings (SSSR count). The van der Waals surface area contributed by atoms with Crippen molar-refractivity contribution < 1.29 is 17.9 Å². The van der Waals surface area contributed by atoms with E-state index in [1.165, 1.54) is 18.2 Å². The van der Waals surface area contributed by atoms with E-state index in [2.05, 4.69) is 15.1 Å². The lowest BCUT2D eigenvalue weighted by molar-refractivity contribution is -0.122. The van der Waals surface area contributed by atoms with E-state index in [1.54, 1.807) is 30.9 Å². The quantitative estimate of drug-likeness (QED) is 0.852. The number of benzene rings is 1. The number of aromatic nitrogens is 2. The monoisotopic (exact) mass is 336 g/mol. The van der Waals surface area contributed by atoms with Gasteiger partial charge in [-0.15, -0.1) is 0 Å². The van der Waals surface area contributed by atoms with Gasteiger partial charge >= 0.3 is 0 Å². The van der Waals surface area contributed by atoms with Crippen LogP contribution in [0.25, 0.3) is 0 Å². The molecule has 1 aliphatic heterocycles. The van der Waals surface area contributed by atoms with Gasteiger partial charge < -0.3 is 10.1 Å². The van der Waals surface area contributed by atoms with Gasteiger partial charge in [-0.3, -0.25) is 9.48 Å². The smallest absolute Gasteiger partial charge is 0.265 e. The van der Waals surface area contributed by atoms with E-state index in [0.717, 1.165) is 0 Å². The molecule has 1 aromatic heterocycles. The molecule has 0 fully saturated rings. The second-order valence-corrected chi connectivity index (χ2v) is 6.98. The number of rotatable bonds is 4. The number of sulfonamides is 1. The minimum Gasteiger partial charge on any atom is -0.479 e. The number of nitrogens with zero attached hydrogens (tertiary/aromatic N) is 2. The van der Waals surface area contributed by atoms with E-state index in [1.807, 2.05) is 0 Å². The van der Waals surface area contributed by atoms with Gasteiger partial charge in [0.25, 0.3) is 5.91 Å². The number of ether oxygens (including phenoxy) is 1. The van der Waals surface area contributed by atoms with Crippen LogP contribution >= 0.6 is 0 Å². The minimum absolute atomic E-state index is 0.0469. The average Bonchev–Trinajstić information content (AvgIpc) is 2.92. The summed E-state index contributed by atoms with van der Waals surface area (Å²) in [4.78, 5) is 11.7. The predicted molar refractivity (Wildman–Crippen MR) is 82.4 cm³/mol. The lowest BCUT2D eigenvalue weighted by atomic mass is 10.2. The molecule has 1 unspecified atom stereocenters. The first-order valence-corrected chi connectivity index (χ1v) is 8.43. The molecule has 0 saturated carbocycles. The van der Waals surface area contributed by atoms with Crippen LogP contribution in [0.5, 0.6) is 5.75 Å². The van der Waals surface area contributed by atoms with Crippen LogP contribution in [0.1, 0.15) is 12.6 Å². The number of aryl methyl sites for hydroxylation is 1. The number of fused-ring (bicyclic) bond motifs is 1. The Kier molecular flexibility index (Phi) is 3.82. The summed E-state index contributed by atoms with van der Waals surface area (Å²) >= 11 is 0. The molecule has 23 heavy (non-hydrogen) atoms. The zero-order valence-corrected chi connectivity index (χ0v) is 13.4. The summed E-state index contributed by atoms with van der Waals surface area (Å²) in [5.74, 6) is 0.134. The molecule has 0 saturated heterocycles. The number of anilines is 1. The number of nitrogens with one attached hydrogen (secondary N) is 2. The van der Waals surface area contributed by atoms with Gasteiger partial charge in [0.05, 0.1) is 22.8 Å². The van der Waals surface area contributed by atoms with E-state index in [4.69, 9.17) is 4.74 Å². The molecule has 8 nitrogen and oxygen atoms in total. The normalized spacial score (nSPS) is 17.3. The van der Waals surface area contributed by atoms with Crippen molar-refractivity contribution >= 4 is 21.6 Å². The van der Waals surface area contributed by atoms with Crippen molar-refractivity contribution in [2.75, 3.05) is 5.32 Å². The largest absolute Gasteiger partial charge is 0.479 e. The van der Waals surface area contributed by atoms with Crippen LogP contribution in [0.3, 0.4) is 0 Å². The molecule has 0 spiro atoms. The summed E-state index contributed by atoms with van der Waals surface area (Å²) in [5, 5.41) is 6.74. The Hall–Kier alpha value is -2.39. The van der Waals surface area contributed by atoms with Crippen molar-refractivity contribution in [3.63, 3.8) is 0 Å². The maximum atomic E-state index is 12.3. The highest BCUT2D eigenvalue weighted by Crippen LogP contribution is 2.31. The van der Waals surface area contributed by atoms with Crippen molar-refractivity contribution in [1.82, 2.24) is 14.5 Å². The lowest BCUT2D eigenvalue weighted by Gasteiger charge is -2.23. The molecule has 122 valence electrons. The summed E-state index contributed by atoms with van der Waals surface area (Å²) in [6, 6.07) is 6.06. The number of hydrogen-bond acceptors (Lipinski definition) is 5. The van der Waals surface area contributed by atoms with Crippen LogP contribution in [0.2, 0.25) is 0 Å². The SMILES string of the molecule is CC1Oc2ccc(S(=O)(=O)NCc3ccn(C)n3)cc2NC1=O. The number of amides is 1. The highest BCUT2D eigenvalue weighted by molar-refractivity contribution is 7.89. The van der Waals surface area contributed by atoms with Gasteiger partial charge in [0, 0.05) is 13.2 Å². The van der Waals surface area contributed by atoms with Crippen LogP contribution < -0.4 is 14.8 Å². The topological polar surface area (TPSA) is 102 Å². The molecule has 0 bridgehead atoms. The molecule has 1 aliphatic rings. The summed E-state index contributed by atoms with van der Waals surface area (Å²) in [6.45, 7) is 1.71. The fourth-order valence-electron chi connectivity index (χ4n) is 2.16. The van der Waals surface area contributed by atoms with Gasteiger partial charge in [-0.2, -0.15) is 5.10 Å². The van der Waals surface area contributed by atoms with Gasteiger partial charge in [-0.25, -0.2) is 13.1 Å². The molecule has 2 aromatic rings. The van der Waals surface area contributed by atoms with Crippen molar-refractivity contribution in [3.05, 3.63) is 36.2 Å². The number of hydrogen-bond donors (Lipinski definition) is 2. The van der Waals surface area contributed by atoms with E-state index in [-0.39, 0.29) is 17.3 Å². The molecule has 1 aromatic carbocycles. The second kappa shape index (κ2) is 5.67. The highest BCUT2D eigenvalue weighted by atomic mass is 32.2. The maximum Gasteiger partial charge on any atom is 0.265 e. The van der Waals surface area contributed by atoms with Gasteiger partial charge in [0.1, 0.15) is 5.75 Å². The van der Waals surface area contributed by atoms with Gasteiger partial charge in [0.15, 0.2) is 6.10 Å². The average molecular weight is 336 g/mol. The summed E-state index contributed by atoms with van der Waals surface area (Å²) < 4.78 is 34.2. The first-order chi connectivity index (χ1) is 10.8. The Labute approximate surface area is 133 Å². The molecular weight excluding hydrogens is 320 g/mol. The summed E-state index contributed by atoms with van der Waals surface area (Å²) in [5.41, 5.74) is 0.952. The van der Waals surface area contributed by atoms with Crippen molar-refractivity contribution in [2.24, 2.45) is 7.05 Å². The van der Waals surface area contributed by atoms with Crippen LogP contribution in [-0.4, -0.2) is 30.2 Å². The zero-order valence-electron chi connectivity index (χ0n) is 12.6. The molecule has 9 heteroatoms. The maximum absolute atomic E-state index is 12.3. The molecule has 0 aliphatic carbocycles. The van der Waals surface area contributed by atoms with E-state index in [0.29, 0.717) is 17.1 Å². The standard InChI is InChI=1S/C14H16N4O4S/c1-9-14(19)16-12-7-11(3-4-13(12)22-9)23(20,21)15-8-10-5-6-18(2)17-10/h3-7,9,15H,8H2,1-2H3,(H,16,19). The summed E-state index contributed by atoms with van der Waals surface area (Å²) in [6.07, 6.45) is 1.13. The predicted octanol–water partition coefficient (Wildman–Crippen LogP) is 0.618. The Balaban J connectivity index is 1.80. The first-order valence-electron chi connectivity index (χ1n) is 6.95. The zero-order chi connectivity index (χ0) is 16.6. The van der Waals surface area contributed by atoms with Gasteiger partial charge in [0.2, 0.25) is 10.0 Å². The van der Waals surface area contributed by atoms with Crippen molar-refractivity contribution in [3.8, 4) is 5.75 Å². The van der Waals surface area contributed by atoms with E-state index >= 15 is 0 Å². The van der Waals surface area contributed by atoms with Crippen LogP contribution in [0.15, 0.2) is 35.4 Å². The lowest BCUT2D eigenvalue weighted by Crippen LogP contribution is -2.34. The minimum atomic E-state index is -3.72. The Morgan fingerprint density at radius 1 is 1.39 bits per heavy atom. The van der Waals surface area contributed by atoms with Crippen molar-refractivity contribution in [2.45, 2.75) is 24.5 Å². The molecule has 2 N–H and O–H groups in total. The van der Waals surface area contributed by atoms with Crippen LogP contribution in [0, 0.1) is 0 Å². The Bertz CT molecular complexity index is 859. The molecule has 0 radical (unpaired) electrons. The number of carbonyl (C=O) groups is 1. The highest BCUT2D eigenvalue weighted by Gasteiger charge is 2.25. The fraction of sp³-hybridized carbons (Fsp3) is 0.286. The Morgan fingerprint density at radius 2 is 2.17 bits per heavy atom. The molecule has 1 atom stereocenters. The second-order valence-electron chi connectivity index (χ2n) is 5.21. The third kappa shape index (κ3) is 3.20. The third-order valence-electron chi connectivity index (χ3n) is 3.40. The van der Waals surface area contributed by atoms with Crippen LogP contribution in [0.4, 0.5) is 5.69 Å². The number of carbonyl (C=O) groups excluding carboxylic acids is 1. The summed E-state index contributed by atoms with van der Waals surface area (Å²) in [7, 11) is -1.96. The first kappa shape index (κ1) is 15.5. The van der Waals surface area contributed by atoms with E-state index < -0.39 is 16.1 Å². The molecule has 2 heterocycles. The van der Waals surface area contributed by atoms with Gasteiger partial charge in [-0.05, 0) is 31.2 Å². The van der Waals surface area contributed by atoms with Gasteiger partial charge in [-0.1, -0.05) is 0 Å². The van der Waals surface area contributed by atoms with Crippen LogP contribution in [-0.2, 0) is 28.4 Å².